The largest absolute Gasteiger partial charge is 0.494 e. The van der Waals surface area contributed by atoms with Gasteiger partial charge in [-0.15, -0.1) is 0 Å². The Balaban J connectivity index is 1.59. The maximum atomic E-state index is 12.9. The third-order valence-electron chi connectivity index (χ3n) is 5.22. The minimum absolute atomic E-state index is 0.00438. The molecule has 1 saturated heterocycles. The van der Waals surface area contributed by atoms with E-state index in [0.717, 1.165) is 35.3 Å². The Morgan fingerprint density at radius 3 is 2.62 bits per heavy atom. The molecule has 0 aliphatic carbocycles. The van der Waals surface area contributed by atoms with Crippen LogP contribution in [0.4, 0.5) is 0 Å². The zero-order chi connectivity index (χ0) is 20.8. The Bertz CT molecular complexity index is 858. The molecule has 2 aromatic carbocycles. The Labute approximate surface area is 173 Å². The number of hydrogen-bond donors (Lipinski definition) is 1. The third kappa shape index (κ3) is 5.59. The van der Waals surface area contributed by atoms with Crippen molar-refractivity contribution in [1.29, 1.82) is 0 Å². The summed E-state index contributed by atoms with van der Waals surface area (Å²) >= 11 is 0. The van der Waals surface area contributed by atoms with E-state index in [1.54, 1.807) is 0 Å². The first-order valence-corrected chi connectivity index (χ1v) is 10.3. The summed E-state index contributed by atoms with van der Waals surface area (Å²) in [5.41, 5.74) is 3.86. The van der Waals surface area contributed by atoms with Crippen LogP contribution in [0.15, 0.2) is 42.5 Å². The topological polar surface area (TPSA) is 58.6 Å². The minimum atomic E-state index is -0.173. The number of piperidine rings is 1. The van der Waals surface area contributed by atoms with E-state index in [1.807, 2.05) is 62.1 Å². The van der Waals surface area contributed by atoms with Gasteiger partial charge < -0.3 is 15.0 Å². The smallest absolute Gasteiger partial charge is 0.253 e. The van der Waals surface area contributed by atoms with Crippen molar-refractivity contribution in [3.63, 3.8) is 0 Å². The molecule has 1 fully saturated rings. The van der Waals surface area contributed by atoms with Crippen molar-refractivity contribution in [3.05, 3.63) is 64.7 Å². The lowest BCUT2D eigenvalue weighted by Crippen LogP contribution is -2.45. The lowest BCUT2D eigenvalue weighted by molar-refractivity contribution is -0.126. The van der Waals surface area contributed by atoms with Crippen LogP contribution >= 0.6 is 0 Å². The van der Waals surface area contributed by atoms with Gasteiger partial charge in [0, 0.05) is 25.2 Å². The highest BCUT2D eigenvalue weighted by molar-refractivity contribution is 5.95. The third-order valence-corrected chi connectivity index (χ3v) is 5.22. The zero-order valence-corrected chi connectivity index (χ0v) is 17.5. The number of hydrogen-bond acceptors (Lipinski definition) is 3. The molecule has 3 rings (SSSR count). The number of nitrogens with zero attached hydrogens (tertiary/aromatic N) is 1. The molecular weight excluding hydrogens is 364 g/mol. The van der Waals surface area contributed by atoms with Crippen molar-refractivity contribution < 1.29 is 14.3 Å². The second-order valence-corrected chi connectivity index (χ2v) is 7.76. The quantitative estimate of drug-likeness (QED) is 0.809. The lowest BCUT2D eigenvalue weighted by Gasteiger charge is -2.32. The average molecular weight is 395 g/mol. The van der Waals surface area contributed by atoms with Gasteiger partial charge in [0.05, 0.1) is 12.5 Å². The molecule has 1 unspecified atom stereocenters. The molecule has 29 heavy (non-hydrogen) atoms. The van der Waals surface area contributed by atoms with Gasteiger partial charge in [-0.3, -0.25) is 9.59 Å². The van der Waals surface area contributed by atoms with Gasteiger partial charge >= 0.3 is 0 Å². The number of nitrogens with one attached hydrogen (secondary N) is 1. The summed E-state index contributed by atoms with van der Waals surface area (Å²) in [4.78, 5) is 27.5. The highest BCUT2D eigenvalue weighted by Crippen LogP contribution is 2.20. The highest BCUT2D eigenvalue weighted by atomic mass is 16.5. The summed E-state index contributed by atoms with van der Waals surface area (Å²) in [7, 11) is 0. The summed E-state index contributed by atoms with van der Waals surface area (Å²) < 4.78 is 5.51. The molecule has 2 amide bonds. The van der Waals surface area contributed by atoms with Gasteiger partial charge in [0.2, 0.25) is 5.91 Å². The maximum Gasteiger partial charge on any atom is 0.253 e. The summed E-state index contributed by atoms with van der Waals surface area (Å²) in [5.74, 6) is 0.652. The fourth-order valence-electron chi connectivity index (χ4n) is 3.90. The van der Waals surface area contributed by atoms with Crippen LogP contribution in [-0.4, -0.2) is 36.4 Å². The summed E-state index contributed by atoms with van der Waals surface area (Å²) in [5, 5.41) is 3.02. The molecule has 0 spiro atoms. The number of rotatable bonds is 6. The summed E-state index contributed by atoms with van der Waals surface area (Å²) in [6.07, 6.45) is 1.65. The number of ether oxygens (including phenoxy) is 1. The van der Waals surface area contributed by atoms with Gasteiger partial charge in [0.25, 0.3) is 5.91 Å². The molecule has 5 nitrogen and oxygen atoms in total. The van der Waals surface area contributed by atoms with Crippen LogP contribution in [-0.2, 0) is 11.3 Å². The molecule has 0 aromatic heterocycles. The van der Waals surface area contributed by atoms with Crippen LogP contribution in [0.2, 0.25) is 0 Å². The molecule has 0 saturated carbocycles. The first-order valence-electron chi connectivity index (χ1n) is 10.3. The number of benzene rings is 2. The predicted octanol–water partition coefficient (Wildman–Crippen LogP) is 3.87. The molecule has 5 heteroatoms. The zero-order valence-electron chi connectivity index (χ0n) is 17.5. The highest BCUT2D eigenvalue weighted by Gasteiger charge is 2.29. The standard InChI is InChI=1S/C24H30N2O3/c1-4-29-22-9-5-7-19(14-22)15-25-23(27)20-8-6-10-26(16-20)24(28)21-12-17(2)11-18(3)13-21/h5,7,9,11-14,20H,4,6,8,10,15-16H2,1-3H3,(H,25,27). The normalized spacial score (nSPS) is 16.4. The second-order valence-electron chi connectivity index (χ2n) is 7.76. The lowest BCUT2D eigenvalue weighted by atomic mass is 9.96. The van der Waals surface area contributed by atoms with Crippen molar-refractivity contribution >= 4 is 11.8 Å². The maximum absolute atomic E-state index is 12.9. The molecule has 1 heterocycles. The van der Waals surface area contributed by atoms with E-state index in [0.29, 0.717) is 31.8 Å². The van der Waals surface area contributed by atoms with Crippen molar-refractivity contribution in [3.8, 4) is 5.75 Å². The molecule has 2 aromatic rings. The SMILES string of the molecule is CCOc1cccc(CNC(=O)C2CCCN(C(=O)c3cc(C)cc(C)c3)C2)c1. The van der Waals surface area contributed by atoms with E-state index >= 15 is 0 Å². The van der Waals surface area contributed by atoms with E-state index in [2.05, 4.69) is 11.4 Å². The minimum Gasteiger partial charge on any atom is -0.494 e. The molecule has 154 valence electrons. The fourth-order valence-corrected chi connectivity index (χ4v) is 3.90. The van der Waals surface area contributed by atoms with E-state index < -0.39 is 0 Å². The molecular formula is C24H30N2O3. The molecule has 0 bridgehead atoms. The number of carbonyl (C=O) groups excluding carboxylic acids is 2. The summed E-state index contributed by atoms with van der Waals surface area (Å²) in [6, 6.07) is 13.7. The van der Waals surface area contributed by atoms with Gasteiger partial charge in [-0.25, -0.2) is 0 Å². The van der Waals surface area contributed by atoms with Gasteiger partial charge in [-0.05, 0) is 63.4 Å². The summed E-state index contributed by atoms with van der Waals surface area (Å²) in [6.45, 7) is 8.18. The van der Waals surface area contributed by atoms with Gasteiger partial charge in [0.15, 0.2) is 0 Å². The number of aryl methyl sites for hydroxylation is 2. The second kappa shape index (κ2) is 9.59. The monoisotopic (exact) mass is 394 g/mol. The van der Waals surface area contributed by atoms with Crippen molar-refractivity contribution in [2.45, 2.75) is 40.2 Å². The van der Waals surface area contributed by atoms with E-state index in [4.69, 9.17) is 4.74 Å². The van der Waals surface area contributed by atoms with E-state index in [9.17, 15) is 9.59 Å². The molecule has 0 radical (unpaired) electrons. The van der Waals surface area contributed by atoms with E-state index in [1.165, 1.54) is 0 Å². The molecule has 1 N–H and O–H groups in total. The van der Waals surface area contributed by atoms with Gasteiger partial charge in [-0.2, -0.15) is 0 Å². The Morgan fingerprint density at radius 2 is 1.90 bits per heavy atom. The van der Waals surface area contributed by atoms with Crippen LogP contribution in [0, 0.1) is 19.8 Å². The first-order chi connectivity index (χ1) is 14.0. The number of likely N-dealkylation sites (tertiary alicyclic amines) is 1. The Hall–Kier alpha value is -2.82. The van der Waals surface area contributed by atoms with E-state index in [-0.39, 0.29) is 17.7 Å². The Morgan fingerprint density at radius 1 is 1.14 bits per heavy atom. The van der Waals surface area contributed by atoms with Gasteiger partial charge in [0.1, 0.15) is 5.75 Å². The van der Waals surface area contributed by atoms with Crippen LogP contribution < -0.4 is 10.1 Å². The molecule has 1 atom stereocenters. The van der Waals surface area contributed by atoms with Crippen LogP contribution in [0.5, 0.6) is 5.75 Å². The van der Waals surface area contributed by atoms with Crippen LogP contribution in [0.25, 0.3) is 0 Å². The first kappa shape index (κ1) is 20.9. The fraction of sp³-hybridized carbons (Fsp3) is 0.417. The van der Waals surface area contributed by atoms with Gasteiger partial charge in [-0.1, -0.05) is 29.3 Å². The van der Waals surface area contributed by atoms with Crippen LogP contribution in [0.3, 0.4) is 0 Å². The van der Waals surface area contributed by atoms with Crippen molar-refractivity contribution in [1.82, 2.24) is 10.2 Å². The predicted molar refractivity (Wildman–Crippen MR) is 114 cm³/mol. The van der Waals surface area contributed by atoms with Crippen molar-refractivity contribution in [2.75, 3.05) is 19.7 Å². The average Bonchev–Trinajstić information content (AvgIpc) is 2.71. The van der Waals surface area contributed by atoms with Crippen molar-refractivity contribution in [2.24, 2.45) is 5.92 Å². The molecule has 1 aliphatic heterocycles. The van der Waals surface area contributed by atoms with Crippen LogP contribution in [0.1, 0.15) is 46.8 Å². The number of carbonyl (C=O) groups is 2. The Kier molecular flexibility index (Phi) is 6.91. The molecule has 1 aliphatic rings. The number of amides is 2.